The SMILES string of the molecule is CO[C@@H](C)C[C@@H](C(=O)Cc1ccc(C(N)=O)cc1)n1cc2c(cc1=O)-c1cc(Cl)ccc1C[C@@H](C)OC2. The number of methoxy groups -OCH3 is 1. The van der Waals surface area contributed by atoms with Crippen LogP contribution in [0.2, 0.25) is 5.02 Å². The molecule has 2 N–H and O–H groups in total. The van der Waals surface area contributed by atoms with E-state index in [-0.39, 0.29) is 30.0 Å². The maximum Gasteiger partial charge on any atom is 0.251 e. The summed E-state index contributed by atoms with van der Waals surface area (Å²) in [5, 5.41) is 0.590. The number of carbonyl (C=O) groups excluding carboxylic acids is 2. The smallest absolute Gasteiger partial charge is 0.251 e. The highest BCUT2D eigenvalue weighted by Gasteiger charge is 2.26. The lowest BCUT2D eigenvalue weighted by molar-refractivity contribution is -0.122. The predicted octanol–water partition coefficient (Wildman–Crippen LogP) is 4.51. The summed E-state index contributed by atoms with van der Waals surface area (Å²) in [6.45, 7) is 4.18. The van der Waals surface area contributed by atoms with Gasteiger partial charge in [0.25, 0.3) is 5.56 Å². The number of rotatable bonds is 8. The molecule has 3 aromatic rings. The van der Waals surface area contributed by atoms with Crippen LogP contribution < -0.4 is 11.3 Å². The zero-order chi connectivity index (χ0) is 26.7. The first-order valence-corrected chi connectivity index (χ1v) is 12.6. The highest BCUT2D eigenvalue weighted by Crippen LogP contribution is 2.33. The van der Waals surface area contributed by atoms with Gasteiger partial charge in [0.15, 0.2) is 5.78 Å². The average Bonchev–Trinajstić information content (AvgIpc) is 2.87. The molecule has 7 nitrogen and oxygen atoms in total. The molecular formula is C29H31ClN2O5. The van der Waals surface area contributed by atoms with E-state index < -0.39 is 11.9 Å². The van der Waals surface area contributed by atoms with Crippen LogP contribution in [0.15, 0.2) is 59.5 Å². The van der Waals surface area contributed by atoms with E-state index in [4.69, 9.17) is 26.8 Å². The van der Waals surface area contributed by atoms with Gasteiger partial charge in [0.1, 0.15) is 0 Å². The number of hydrogen-bond donors (Lipinski definition) is 1. The topological polar surface area (TPSA) is 101 Å². The lowest BCUT2D eigenvalue weighted by Gasteiger charge is -2.26. The van der Waals surface area contributed by atoms with Crippen molar-refractivity contribution in [1.82, 2.24) is 4.57 Å². The lowest BCUT2D eigenvalue weighted by atomic mass is 9.92. The Morgan fingerprint density at radius 2 is 1.84 bits per heavy atom. The molecule has 37 heavy (non-hydrogen) atoms. The molecule has 0 saturated heterocycles. The van der Waals surface area contributed by atoms with Crippen molar-refractivity contribution in [1.29, 1.82) is 0 Å². The molecule has 0 bridgehead atoms. The van der Waals surface area contributed by atoms with E-state index in [1.807, 2.05) is 32.0 Å². The molecule has 2 aromatic carbocycles. The van der Waals surface area contributed by atoms with Gasteiger partial charge >= 0.3 is 0 Å². The van der Waals surface area contributed by atoms with Crippen molar-refractivity contribution in [2.75, 3.05) is 7.11 Å². The van der Waals surface area contributed by atoms with Crippen LogP contribution in [0, 0.1) is 0 Å². The average molecular weight is 523 g/mol. The quantitative estimate of drug-likeness (QED) is 0.469. The molecule has 1 aliphatic rings. The maximum atomic E-state index is 13.6. The second kappa shape index (κ2) is 11.4. The van der Waals surface area contributed by atoms with Gasteiger partial charge in [-0.2, -0.15) is 0 Å². The molecule has 1 aliphatic heterocycles. The number of nitrogens with zero attached hydrogens (tertiary/aromatic N) is 1. The van der Waals surface area contributed by atoms with E-state index in [0.29, 0.717) is 30.0 Å². The number of nitrogens with two attached hydrogens (primary N) is 1. The zero-order valence-corrected chi connectivity index (χ0v) is 22.0. The predicted molar refractivity (Wildman–Crippen MR) is 143 cm³/mol. The minimum Gasteiger partial charge on any atom is -0.382 e. The van der Waals surface area contributed by atoms with E-state index in [1.165, 1.54) is 4.57 Å². The van der Waals surface area contributed by atoms with Crippen LogP contribution >= 0.6 is 11.6 Å². The van der Waals surface area contributed by atoms with E-state index in [2.05, 4.69) is 0 Å². The number of ether oxygens (including phenoxy) is 2. The van der Waals surface area contributed by atoms with Crippen LogP contribution in [0.5, 0.6) is 0 Å². The maximum absolute atomic E-state index is 13.6. The summed E-state index contributed by atoms with van der Waals surface area (Å²) in [5.41, 5.74) is 9.66. The first kappa shape index (κ1) is 26.8. The zero-order valence-electron chi connectivity index (χ0n) is 21.2. The van der Waals surface area contributed by atoms with Gasteiger partial charge < -0.3 is 19.8 Å². The third kappa shape index (κ3) is 6.18. The summed E-state index contributed by atoms with van der Waals surface area (Å²) in [6, 6.07) is 13.1. The van der Waals surface area contributed by atoms with Gasteiger partial charge in [-0.3, -0.25) is 14.4 Å². The standard InChI is InChI=1S/C29H31ClN2O5/c1-17(36-3)11-26(27(33)12-19-4-6-20(7-5-19)29(31)35)32-15-22-16-37-18(2)10-21-8-9-23(30)13-24(21)25(22)14-28(32)34/h4-9,13-15,17-18,26H,10-12,16H2,1-3H3,(H2,31,35)/t17-,18+,26-/m0/s1. The van der Waals surface area contributed by atoms with Gasteiger partial charge in [-0.15, -0.1) is 0 Å². The monoisotopic (exact) mass is 522 g/mol. The summed E-state index contributed by atoms with van der Waals surface area (Å²) in [7, 11) is 1.58. The Labute approximate surface area is 221 Å². The number of aromatic nitrogens is 1. The highest BCUT2D eigenvalue weighted by molar-refractivity contribution is 6.30. The number of fused-ring (bicyclic) bond motifs is 3. The summed E-state index contributed by atoms with van der Waals surface area (Å²) >= 11 is 6.32. The summed E-state index contributed by atoms with van der Waals surface area (Å²) in [6.07, 6.45) is 2.58. The van der Waals surface area contributed by atoms with Crippen molar-refractivity contribution in [3.8, 4) is 11.1 Å². The van der Waals surface area contributed by atoms with E-state index in [1.54, 1.807) is 43.6 Å². The molecule has 0 radical (unpaired) electrons. The van der Waals surface area contributed by atoms with Crippen LogP contribution in [-0.4, -0.2) is 35.6 Å². The molecule has 0 saturated carbocycles. The van der Waals surface area contributed by atoms with Gasteiger partial charge in [-0.25, -0.2) is 0 Å². The van der Waals surface area contributed by atoms with Crippen molar-refractivity contribution >= 4 is 23.3 Å². The number of ketones is 1. The fourth-order valence-corrected chi connectivity index (χ4v) is 4.87. The lowest BCUT2D eigenvalue weighted by Crippen LogP contribution is -2.33. The summed E-state index contributed by atoms with van der Waals surface area (Å²) in [5.74, 6) is -0.669. The van der Waals surface area contributed by atoms with Gasteiger partial charge in [0.2, 0.25) is 5.91 Å². The van der Waals surface area contributed by atoms with Crippen molar-refractivity contribution in [2.45, 2.75) is 58.0 Å². The molecule has 194 valence electrons. The number of pyridine rings is 1. The Hall–Kier alpha value is -3.26. The van der Waals surface area contributed by atoms with Crippen LogP contribution in [0.25, 0.3) is 11.1 Å². The number of benzene rings is 2. The molecule has 4 rings (SSSR count). The molecule has 0 aliphatic carbocycles. The molecular weight excluding hydrogens is 492 g/mol. The minimum atomic E-state index is -0.745. The number of Topliss-reactive ketones (excluding diaryl/α,β-unsaturated/α-hetero) is 1. The number of carbonyl (C=O) groups is 2. The van der Waals surface area contributed by atoms with Crippen LogP contribution in [0.3, 0.4) is 0 Å². The third-order valence-electron chi connectivity index (χ3n) is 6.84. The second-order valence-electron chi connectivity index (χ2n) is 9.59. The Bertz CT molecular complexity index is 1370. The molecule has 3 atom stereocenters. The van der Waals surface area contributed by atoms with Crippen molar-refractivity contribution < 1.29 is 19.1 Å². The molecule has 2 heterocycles. The molecule has 0 fully saturated rings. The first-order valence-electron chi connectivity index (χ1n) is 12.3. The number of primary amides is 1. The highest BCUT2D eigenvalue weighted by atomic mass is 35.5. The number of amides is 1. The van der Waals surface area contributed by atoms with E-state index in [9.17, 15) is 14.4 Å². The van der Waals surface area contributed by atoms with Gasteiger partial charge in [0.05, 0.1) is 24.9 Å². The van der Waals surface area contributed by atoms with Crippen LogP contribution in [0.1, 0.15) is 53.4 Å². The van der Waals surface area contributed by atoms with Crippen molar-refractivity contribution in [2.24, 2.45) is 5.73 Å². The molecule has 0 spiro atoms. The first-order chi connectivity index (χ1) is 17.7. The van der Waals surface area contributed by atoms with Crippen LogP contribution in [-0.2, 0) is 33.7 Å². The Morgan fingerprint density at radius 3 is 2.51 bits per heavy atom. The van der Waals surface area contributed by atoms with Gasteiger partial charge in [-0.05, 0) is 66.8 Å². The molecule has 8 heteroatoms. The van der Waals surface area contributed by atoms with Crippen LogP contribution in [0.4, 0.5) is 0 Å². The van der Waals surface area contributed by atoms with Crippen molar-refractivity contribution in [3.63, 3.8) is 0 Å². The number of hydrogen-bond acceptors (Lipinski definition) is 5. The minimum absolute atomic E-state index is 0.0252. The fourth-order valence-electron chi connectivity index (χ4n) is 4.70. The molecule has 1 amide bonds. The molecule has 0 unspecified atom stereocenters. The third-order valence-corrected chi connectivity index (χ3v) is 7.07. The Kier molecular flexibility index (Phi) is 8.27. The Balaban J connectivity index is 1.75. The summed E-state index contributed by atoms with van der Waals surface area (Å²) < 4.78 is 13.0. The largest absolute Gasteiger partial charge is 0.382 e. The van der Waals surface area contributed by atoms with E-state index in [0.717, 1.165) is 27.8 Å². The van der Waals surface area contributed by atoms with Gasteiger partial charge in [0, 0.05) is 48.4 Å². The normalized spacial score (nSPS) is 16.6. The van der Waals surface area contributed by atoms with E-state index >= 15 is 0 Å². The molecule has 1 aromatic heterocycles. The Morgan fingerprint density at radius 1 is 1.14 bits per heavy atom. The fraction of sp³-hybridized carbons (Fsp3) is 0.345. The van der Waals surface area contributed by atoms with Gasteiger partial charge in [-0.1, -0.05) is 29.8 Å². The number of halogens is 1. The van der Waals surface area contributed by atoms with Crippen molar-refractivity contribution in [3.05, 3.63) is 92.4 Å². The summed E-state index contributed by atoms with van der Waals surface area (Å²) in [4.78, 5) is 38.4. The second-order valence-corrected chi connectivity index (χ2v) is 10.0.